The van der Waals surface area contributed by atoms with Crippen LogP contribution in [0, 0.1) is 6.92 Å². The molecule has 1 aromatic carbocycles. The van der Waals surface area contributed by atoms with Gasteiger partial charge in [0.15, 0.2) is 0 Å². The first-order valence-electron chi connectivity index (χ1n) is 8.32. The zero-order valence-corrected chi connectivity index (χ0v) is 14.0. The zero-order valence-electron chi connectivity index (χ0n) is 14.0. The molecule has 0 radical (unpaired) electrons. The van der Waals surface area contributed by atoms with E-state index in [1.54, 1.807) is 12.4 Å². The fourth-order valence-corrected chi connectivity index (χ4v) is 2.76. The summed E-state index contributed by atoms with van der Waals surface area (Å²) in [4.78, 5) is 13.0. The predicted molar refractivity (Wildman–Crippen MR) is 93.4 cm³/mol. The Morgan fingerprint density at radius 2 is 1.75 bits per heavy atom. The maximum absolute atomic E-state index is 10.2. The van der Waals surface area contributed by atoms with E-state index < -0.39 is 6.10 Å². The third-order valence-corrected chi connectivity index (χ3v) is 4.14. The molecule has 0 spiro atoms. The van der Waals surface area contributed by atoms with E-state index in [1.807, 2.05) is 37.3 Å². The van der Waals surface area contributed by atoms with E-state index in [9.17, 15) is 5.11 Å². The number of ether oxygens (including phenoxy) is 1. The Kier molecular flexibility index (Phi) is 5.61. The lowest BCUT2D eigenvalue weighted by atomic mass is 10.2. The van der Waals surface area contributed by atoms with Gasteiger partial charge in [-0.3, -0.25) is 4.90 Å². The highest BCUT2D eigenvalue weighted by atomic mass is 16.5. The summed E-state index contributed by atoms with van der Waals surface area (Å²) >= 11 is 0. The Bertz CT molecular complexity index is 613. The fourth-order valence-electron chi connectivity index (χ4n) is 2.76. The van der Waals surface area contributed by atoms with Gasteiger partial charge in [-0.2, -0.15) is 0 Å². The Morgan fingerprint density at radius 3 is 2.42 bits per heavy atom. The van der Waals surface area contributed by atoms with Crippen molar-refractivity contribution < 1.29 is 9.84 Å². The van der Waals surface area contributed by atoms with Crippen molar-refractivity contribution in [2.24, 2.45) is 0 Å². The highest BCUT2D eigenvalue weighted by Crippen LogP contribution is 2.13. The molecule has 1 unspecified atom stereocenters. The second-order valence-corrected chi connectivity index (χ2v) is 6.11. The van der Waals surface area contributed by atoms with Gasteiger partial charge in [-0.1, -0.05) is 17.7 Å². The second kappa shape index (κ2) is 8.08. The molecule has 6 nitrogen and oxygen atoms in total. The van der Waals surface area contributed by atoms with Crippen LogP contribution >= 0.6 is 0 Å². The van der Waals surface area contributed by atoms with Gasteiger partial charge in [0, 0.05) is 45.1 Å². The first-order chi connectivity index (χ1) is 11.7. The molecule has 128 valence electrons. The molecule has 1 aliphatic rings. The minimum atomic E-state index is -0.495. The fraction of sp³-hybridized carbons (Fsp3) is 0.444. The molecule has 0 bridgehead atoms. The standard InChI is InChI=1S/C18H24N4O2/c1-15-3-5-17(6-4-15)24-14-16(23)13-21-9-11-22(12-10-21)18-19-7-2-8-20-18/h2-8,16,23H,9-14H2,1H3. The number of hydrogen-bond donors (Lipinski definition) is 1. The van der Waals surface area contributed by atoms with Crippen molar-refractivity contribution in [1.29, 1.82) is 0 Å². The van der Waals surface area contributed by atoms with Gasteiger partial charge in [0.2, 0.25) is 5.95 Å². The van der Waals surface area contributed by atoms with E-state index in [0.717, 1.165) is 37.9 Å². The summed E-state index contributed by atoms with van der Waals surface area (Å²) in [6, 6.07) is 9.70. The lowest BCUT2D eigenvalue weighted by Gasteiger charge is -2.35. The number of anilines is 1. The monoisotopic (exact) mass is 328 g/mol. The Labute approximate surface area is 142 Å². The van der Waals surface area contributed by atoms with Crippen molar-refractivity contribution in [1.82, 2.24) is 14.9 Å². The number of aryl methyl sites for hydroxylation is 1. The maximum atomic E-state index is 10.2. The summed E-state index contributed by atoms with van der Waals surface area (Å²) < 4.78 is 5.65. The number of β-amino-alcohol motifs (C(OH)–C–C–N with tert-alkyl or cyclic N) is 1. The lowest BCUT2D eigenvalue weighted by molar-refractivity contribution is 0.0662. The summed E-state index contributed by atoms with van der Waals surface area (Å²) in [5, 5.41) is 10.2. The number of hydrogen-bond acceptors (Lipinski definition) is 6. The molecule has 3 rings (SSSR count). The van der Waals surface area contributed by atoms with Crippen LogP contribution in [0.15, 0.2) is 42.7 Å². The maximum Gasteiger partial charge on any atom is 0.225 e. The van der Waals surface area contributed by atoms with E-state index >= 15 is 0 Å². The largest absolute Gasteiger partial charge is 0.491 e. The molecule has 1 atom stereocenters. The summed E-state index contributed by atoms with van der Waals surface area (Å²) in [5.41, 5.74) is 1.20. The molecule has 1 saturated heterocycles. The molecule has 1 aromatic heterocycles. The van der Waals surface area contributed by atoms with Gasteiger partial charge in [-0.25, -0.2) is 9.97 Å². The number of rotatable bonds is 6. The van der Waals surface area contributed by atoms with E-state index in [4.69, 9.17) is 4.74 Å². The lowest BCUT2D eigenvalue weighted by Crippen LogP contribution is -2.49. The average molecular weight is 328 g/mol. The van der Waals surface area contributed by atoms with Crippen molar-refractivity contribution in [2.75, 3.05) is 44.2 Å². The number of piperazine rings is 1. The molecule has 2 heterocycles. The Morgan fingerprint density at radius 1 is 1.08 bits per heavy atom. The molecule has 1 N–H and O–H groups in total. The Hall–Kier alpha value is -2.18. The highest BCUT2D eigenvalue weighted by molar-refractivity contribution is 5.29. The van der Waals surface area contributed by atoms with Crippen LogP contribution in [0.3, 0.4) is 0 Å². The van der Waals surface area contributed by atoms with Gasteiger partial charge < -0.3 is 14.7 Å². The van der Waals surface area contributed by atoms with Gasteiger partial charge in [0.1, 0.15) is 18.5 Å². The van der Waals surface area contributed by atoms with Gasteiger partial charge in [0.25, 0.3) is 0 Å². The van der Waals surface area contributed by atoms with Crippen molar-refractivity contribution in [2.45, 2.75) is 13.0 Å². The number of aliphatic hydroxyl groups excluding tert-OH is 1. The van der Waals surface area contributed by atoms with Crippen molar-refractivity contribution >= 4 is 5.95 Å². The molecule has 2 aromatic rings. The predicted octanol–water partition coefficient (Wildman–Crippen LogP) is 1.35. The number of nitrogens with zero attached hydrogens (tertiary/aromatic N) is 4. The van der Waals surface area contributed by atoms with E-state index in [1.165, 1.54) is 5.56 Å². The quantitative estimate of drug-likeness (QED) is 0.864. The summed E-state index contributed by atoms with van der Waals surface area (Å²) in [6.45, 7) is 6.49. The van der Waals surface area contributed by atoms with Crippen LogP contribution in [0.2, 0.25) is 0 Å². The first kappa shape index (κ1) is 16.7. The minimum Gasteiger partial charge on any atom is -0.491 e. The van der Waals surface area contributed by atoms with Crippen LogP contribution in [0.5, 0.6) is 5.75 Å². The highest BCUT2D eigenvalue weighted by Gasteiger charge is 2.20. The smallest absolute Gasteiger partial charge is 0.225 e. The van der Waals surface area contributed by atoms with Gasteiger partial charge in [-0.15, -0.1) is 0 Å². The molecular weight excluding hydrogens is 304 g/mol. The van der Waals surface area contributed by atoms with Crippen LogP contribution < -0.4 is 9.64 Å². The molecule has 0 amide bonds. The van der Waals surface area contributed by atoms with E-state index in [0.29, 0.717) is 13.2 Å². The molecule has 1 fully saturated rings. The van der Waals surface area contributed by atoms with E-state index in [2.05, 4.69) is 19.8 Å². The average Bonchev–Trinajstić information content (AvgIpc) is 2.63. The van der Waals surface area contributed by atoms with Crippen LogP contribution in [0.25, 0.3) is 0 Å². The topological polar surface area (TPSA) is 61.7 Å². The van der Waals surface area contributed by atoms with Crippen molar-refractivity contribution in [3.63, 3.8) is 0 Å². The first-order valence-corrected chi connectivity index (χ1v) is 8.32. The minimum absolute atomic E-state index is 0.311. The molecule has 6 heteroatoms. The van der Waals surface area contributed by atoms with Gasteiger partial charge >= 0.3 is 0 Å². The third kappa shape index (κ3) is 4.66. The normalized spacial score (nSPS) is 16.8. The SMILES string of the molecule is Cc1ccc(OCC(O)CN2CCN(c3ncccn3)CC2)cc1. The molecular formula is C18H24N4O2. The number of benzene rings is 1. The van der Waals surface area contributed by atoms with Crippen molar-refractivity contribution in [3.05, 3.63) is 48.3 Å². The summed E-state index contributed by atoms with van der Waals surface area (Å²) in [6.07, 6.45) is 3.03. The van der Waals surface area contributed by atoms with Crippen LogP contribution in [-0.2, 0) is 0 Å². The second-order valence-electron chi connectivity index (χ2n) is 6.11. The summed E-state index contributed by atoms with van der Waals surface area (Å²) in [5.74, 6) is 1.58. The molecule has 24 heavy (non-hydrogen) atoms. The number of aliphatic hydroxyl groups is 1. The van der Waals surface area contributed by atoms with Crippen molar-refractivity contribution in [3.8, 4) is 5.75 Å². The zero-order chi connectivity index (χ0) is 16.8. The third-order valence-electron chi connectivity index (χ3n) is 4.14. The molecule has 0 saturated carbocycles. The Balaban J connectivity index is 1.40. The van der Waals surface area contributed by atoms with Gasteiger partial charge in [0.05, 0.1) is 0 Å². The molecule has 0 aliphatic carbocycles. The van der Waals surface area contributed by atoms with Crippen LogP contribution in [0.4, 0.5) is 5.95 Å². The summed E-state index contributed by atoms with van der Waals surface area (Å²) in [7, 11) is 0. The van der Waals surface area contributed by atoms with E-state index in [-0.39, 0.29) is 0 Å². The van der Waals surface area contributed by atoms with Crippen LogP contribution in [0.1, 0.15) is 5.56 Å². The molecule has 1 aliphatic heterocycles. The van der Waals surface area contributed by atoms with Crippen LogP contribution in [-0.4, -0.2) is 65.4 Å². The van der Waals surface area contributed by atoms with Gasteiger partial charge in [-0.05, 0) is 25.1 Å². The number of aromatic nitrogens is 2.